The summed E-state index contributed by atoms with van der Waals surface area (Å²) in [4.78, 5) is 13.2. The molecule has 0 atom stereocenters. The maximum absolute atomic E-state index is 6.12. The van der Waals surface area contributed by atoms with Crippen LogP contribution in [0, 0.1) is 0 Å². The van der Waals surface area contributed by atoms with Crippen LogP contribution in [-0.4, -0.2) is 55.3 Å². The van der Waals surface area contributed by atoms with E-state index >= 15 is 0 Å². The molecule has 1 aromatic carbocycles. The number of furan rings is 1. The second-order valence-corrected chi connectivity index (χ2v) is 8.78. The molecule has 4 heterocycles. The highest BCUT2D eigenvalue weighted by Crippen LogP contribution is 2.40. The Labute approximate surface area is 175 Å². The molecule has 0 aliphatic carbocycles. The van der Waals surface area contributed by atoms with E-state index in [1.54, 1.807) is 14.2 Å². The van der Waals surface area contributed by atoms with Crippen molar-refractivity contribution in [3.8, 4) is 27.5 Å². The molecular formula is C20H21N3O4S2. The summed E-state index contributed by atoms with van der Waals surface area (Å²) in [6, 6.07) is 5.78. The minimum Gasteiger partial charge on any atom is -0.496 e. The van der Waals surface area contributed by atoms with Crippen LogP contribution in [0.1, 0.15) is 12.8 Å². The van der Waals surface area contributed by atoms with Gasteiger partial charge in [0, 0.05) is 18.7 Å². The zero-order chi connectivity index (χ0) is 19.8. The molecule has 4 aromatic rings. The number of hydrogen-bond donors (Lipinski definition) is 0. The van der Waals surface area contributed by atoms with E-state index in [2.05, 4.69) is 14.9 Å². The van der Waals surface area contributed by atoms with Gasteiger partial charge in [0.25, 0.3) is 5.19 Å². The van der Waals surface area contributed by atoms with Crippen molar-refractivity contribution in [2.45, 2.75) is 12.8 Å². The lowest BCUT2D eigenvalue weighted by Crippen LogP contribution is -2.25. The van der Waals surface area contributed by atoms with Gasteiger partial charge in [0.15, 0.2) is 20.4 Å². The molecule has 29 heavy (non-hydrogen) atoms. The number of ether oxygens (including phenoxy) is 3. The molecule has 1 aliphatic rings. The van der Waals surface area contributed by atoms with Gasteiger partial charge in [0.1, 0.15) is 23.7 Å². The SMILES string of the molecule is COc1cc(OCCN2CCCC2)c2cc(-c3nc4sc(OC)nc4s3)oc2c1. The number of likely N-dealkylation sites (tertiary alicyclic amines) is 1. The third kappa shape index (κ3) is 3.65. The lowest BCUT2D eigenvalue weighted by molar-refractivity contribution is 0.239. The third-order valence-electron chi connectivity index (χ3n) is 5.01. The maximum Gasteiger partial charge on any atom is 0.276 e. The minimum absolute atomic E-state index is 0.619. The fourth-order valence-electron chi connectivity index (χ4n) is 3.53. The molecule has 0 radical (unpaired) electrons. The molecule has 1 aliphatic heterocycles. The summed E-state index contributed by atoms with van der Waals surface area (Å²) in [7, 11) is 3.26. The van der Waals surface area contributed by atoms with Gasteiger partial charge in [-0.1, -0.05) is 22.7 Å². The van der Waals surface area contributed by atoms with Crippen LogP contribution < -0.4 is 14.2 Å². The molecule has 0 bridgehead atoms. The summed E-state index contributed by atoms with van der Waals surface area (Å²) in [6.45, 7) is 3.89. The highest BCUT2D eigenvalue weighted by molar-refractivity contribution is 7.28. The van der Waals surface area contributed by atoms with Crippen molar-refractivity contribution in [3.05, 3.63) is 18.2 Å². The molecule has 0 amide bonds. The predicted molar refractivity (Wildman–Crippen MR) is 115 cm³/mol. The Morgan fingerprint density at radius 1 is 1.03 bits per heavy atom. The predicted octanol–water partition coefficient (Wildman–Crippen LogP) is 4.66. The van der Waals surface area contributed by atoms with Gasteiger partial charge in [-0.25, -0.2) is 4.98 Å². The summed E-state index contributed by atoms with van der Waals surface area (Å²) in [5, 5.41) is 2.33. The Hall–Kier alpha value is -2.36. The first-order valence-corrected chi connectivity index (χ1v) is 11.2. The molecule has 0 saturated carbocycles. The van der Waals surface area contributed by atoms with Gasteiger partial charge >= 0.3 is 0 Å². The van der Waals surface area contributed by atoms with E-state index in [4.69, 9.17) is 18.6 Å². The van der Waals surface area contributed by atoms with Crippen molar-refractivity contribution in [3.63, 3.8) is 0 Å². The largest absolute Gasteiger partial charge is 0.496 e. The van der Waals surface area contributed by atoms with Crippen LogP contribution in [-0.2, 0) is 0 Å². The Kier molecular flexibility index (Phi) is 5.03. The summed E-state index contributed by atoms with van der Waals surface area (Å²) in [6.07, 6.45) is 2.56. The second kappa shape index (κ2) is 7.81. The standard InChI is InChI=1S/C20H21N3O4S2/c1-24-12-9-14(26-8-7-23-5-3-4-6-23)13-11-16(27-15(13)10-12)17-21-18-19(28-17)22-20(25-2)29-18/h9-11H,3-8H2,1-2H3. The molecule has 152 valence electrons. The Balaban J connectivity index is 1.44. The van der Waals surface area contributed by atoms with Gasteiger partial charge in [-0.2, -0.15) is 4.98 Å². The first-order chi connectivity index (χ1) is 14.2. The van der Waals surface area contributed by atoms with Gasteiger partial charge in [-0.3, -0.25) is 4.90 Å². The number of methoxy groups -OCH3 is 2. The fourth-order valence-corrected chi connectivity index (χ4v) is 5.34. The van der Waals surface area contributed by atoms with Crippen LogP contribution in [0.3, 0.4) is 0 Å². The van der Waals surface area contributed by atoms with E-state index < -0.39 is 0 Å². The third-order valence-corrected chi connectivity index (χ3v) is 7.02. The van der Waals surface area contributed by atoms with Crippen LogP contribution in [0.25, 0.3) is 31.4 Å². The van der Waals surface area contributed by atoms with Crippen molar-refractivity contribution >= 4 is 43.3 Å². The molecule has 0 unspecified atom stereocenters. The first kappa shape index (κ1) is 18.7. The number of nitrogens with zero attached hydrogens (tertiary/aromatic N) is 3. The first-order valence-electron chi connectivity index (χ1n) is 9.52. The summed E-state index contributed by atoms with van der Waals surface area (Å²) in [5.74, 6) is 2.18. The monoisotopic (exact) mass is 431 g/mol. The van der Waals surface area contributed by atoms with Gasteiger partial charge in [0.2, 0.25) is 0 Å². The number of thiazole rings is 2. The van der Waals surface area contributed by atoms with Crippen LogP contribution in [0.5, 0.6) is 16.7 Å². The molecule has 7 nitrogen and oxygen atoms in total. The van der Waals surface area contributed by atoms with Gasteiger partial charge in [-0.15, -0.1) is 0 Å². The molecule has 0 spiro atoms. The average molecular weight is 432 g/mol. The smallest absolute Gasteiger partial charge is 0.276 e. The topological polar surface area (TPSA) is 69.9 Å². The summed E-state index contributed by atoms with van der Waals surface area (Å²) in [5.41, 5.74) is 0.722. The highest BCUT2D eigenvalue weighted by atomic mass is 32.1. The Morgan fingerprint density at radius 2 is 1.86 bits per heavy atom. The molecule has 9 heteroatoms. The van der Waals surface area contributed by atoms with Crippen molar-refractivity contribution in [1.29, 1.82) is 0 Å². The van der Waals surface area contributed by atoms with Gasteiger partial charge < -0.3 is 18.6 Å². The highest BCUT2D eigenvalue weighted by Gasteiger charge is 2.18. The molecule has 1 saturated heterocycles. The number of benzene rings is 1. The van der Waals surface area contributed by atoms with E-state index in [-0.39, 0.29) is 0 Å². The lowest BCUT2D eigenvalue weighted by atomic mass is 10.2. The van der Waals surface area contributed by atoms with Crippen molar-refractivity contribution in [2.24, 2.45) is 0 Å². The number of fused-ring (bicyclic) bond motifs is 2. The fraction of sp³-hybridized carbons (Fsp3) is 0.400. The molecule has 3 aromatic heterocycles. The minimum atomic E-state index is 0.619. The second-order valence-electron chi connectivity index (χ2n) is 6.86. The molecule has 0 N–H and O–H groups in total. The number of rotatable bonds is 7. The summed E-state index contributed by atoms with van der Waals surface area (Å²) < 4.78 is 22.8. The van der Waals surface area contributed by atoms with E-state index in [0.29, 0.717) is 23.3 Å². The normalized spacial score (nSPS) is 14.8. The van der Waals surface area contributed by atoms with Crippen LogP contribution >= 0.6 is 22.7 Å². The van der Waals surface area contributed by atoms with Crippen molar-refractivity contribution in [1.82, 2.24) is 14.9 Å². The zero-order valence-corrected chi connectivity index (χ0v) is 17.9. The quantitative estimate of drug-likeness (QED) is 0.421. The maximum atomic E-state index is 6.12. The average Bonchev–Trinajstić information content (AvgIpc) is 3.49. The van der Waals surface area contributed by atoms with Gasteiger partial charge in [-0.05, 0) is 32.0 Å². The molecule has 1 fully saturated rings. The molecular weight excluding hydrogens is 410 g/mol. The van der Waals surface area contributed by atoms with E-state index in [1.807, 2.05) is 18.2 Å². The lowest BCUT2D eigenvalue weighted by Gasteiger charge is -2.15. The Morgan fingerprint density at radius 3 is 2.62 bits per heavy atom. The van der Waals surface area contributed by atoms with Gasteiger partial charge in [0.05, 0.1) is 19.6 Å². The number of hydrogen-bond acceptors (Lipinski definition) is 9. The molecule has 5 rings (SSSR count). The van der Waals surface area contributed by atoms with Crippen molar-refractivity contribution < 1.29 is 18.6 Å². The van der Waals surface area contributed by atoms with Crippen LogP contribution in [0.4, 0.5) is 0 Å². The van der Waals surface area contributed by atoms with Crippen LogP contribution in [0.15, 0.2) is 22.6 Å². The summed E-state index contributed by atoms with van der Waals surface area (Å²) >= 11 is 2.91. The van der Waals surface area contributed by atoms with E-state index in [9.17, 15) is 0 Å². The zero-order valence-electron chi connectivity index (χ0n) is 16.3. The van der Waals surface area contributed by atoms with E-state index in [0.717, 1.165) is 51.0 Å². The Bertz CT molecular complexity index is 1110. The van der Waals surface area contributed by atoms with Crippen LogP contribution in [0.2, 0.25) is 0 Å². The van der Waals surface area contributed by atoms with Crippen molar-refractivity contribution in [2.75, 3.05) is 40.5 Å². The van der Waals surface area contributed by atoms with E-state index in [1.165, 1.54) is 35.5 Å². The number of aromatic nitrogens is 2.